The Hall–Kier alpha value is -2.73. The zero-order valence-corrected chi connectivity index (χ0v) is 34.3. The Labute approximate surface area is 332 Å². The number of nitrogens with zero attached hydrogens (tertiary/aromatic N) is 4. The molecule has 0 radical (unpaired) electrons. The van der Waals surface area contributed by atoms with Crippen LogP contribution < -0.4 is 5.73 Å². The van der Waals surface area contributed by atoms with E-state index >= 15 is 0 Å². The van der Waals surface area contributed by atoms with Gasteiger partial charge in [0.05, 0.1) is 49.3 Å². The third-order valence-corrected chi connectivity index (χ3v) is 11.9. The molecule has 13 nitrogen and oxygen atoms in total. The van der Waals surface area contributed by atoms with Crippen molar-refractivity contribution in [2.45, 2.75) is 179 Å². The first-order valence-corrected chi connectivity index (χ1v) is 22.3. The lowest BCUT2D eigenvalue weighted by Crippen LogP contribution is -2.46. The first-order valence-electron chi connectivity index (χ1n) is 20.8. The number of hydrogen-bond acceptors (Lipinski definition) is 12. The van der Waals surface area contributed by atoms with Crippen LogP contribution in [-0.4, -0.2) is 81.6 Å². The van der Waals surface area contributed by atoms with Gasteiger partial charge in [0.25, 0.3) is 0 Å². The predicted molar refractivity (Wildman–Crippen MR) is 214 cm³/mol. The van der Waals surface area contributed by atoms with Crippen molar-refractivity contribution in [2.75, 3.05) is 13.2 Å². The van der Waals surface area contributed by atoms with Crippen molar-refractivity contribution in [1.82, 2.24) is 5.01 Å². The minimum atomic E-state index is -4.69. The fourth-order valence-corrected chi connectivity index (χ4v) is 8.47. The number of unbranched alkanes of at least 4 members (excludes halogenated alkanes) is 16. The molecule has 2 unspecified atom stereocenters. The first kappa shape index (κ1) is 46.0. The maximum Gasteiger partial charge on any atom is 0.472 e. The Bertz CT molecular complexity index is 1540. The van der Waals surface area contributed by atoms with Gasteiger partial charge in [0.1, 0.15) is 36.1 Å². The third kappa shape index (κ3) is 14.6. The molecule has 1 aromatic carbocycles. The largest absolute Gasteiger partial charge is 0.472 e. The number of hydrogen-bond donors (Lipinski definition) is 4. The monoisotopic (exact) mass is 805 g/mol. The van der Waals surface area contributed by atoms with Crippen LogP contribution in [0.3, 0.4) is 0 Å². The molecule has 3 aliphatic rings. The minimum Gasteiger partial charge on any atom is -0.387 e. The van der Waals surface area contributed by atoms with E-state index in [1.54, 1.807) is 5.01 Å². The maximum absolute atomic E-state index is 14.1. The number of hydrazone groups is 1. The molecule has 1 saturated heterocycles. The molecule has 0 aromatic heterocycles. The average molecular weight is 806 g/mol. The number of fused-ring (bicyclic) bond motifs is 1. The van der Waals surface area contributed by atoms with Gasteiger partial charge in [-0.15, -0.1) is 0 Å². The summed E-state index contributed by atoms with van der Waals surface area (Å²) in [5, 5.41) is 37.0. The summed E-state index contributed by atoms with van der Waals surface area (Å²) >= 11 is 0. The normalized spacial score (nSPS) is 24.8. The maximum atomic E-state index is 14.1. The van der Waals surface area contributed by atoms with Crippen molar-refractivity contribution in [3.63, 3.8) is 0 Å². The zero-order chi connectivity index (χ0) is 40.4. The number of nitriles is 1. The Kier molecular flexibility index (Phi) is 19.4. The number of phosphoric acid groups is 1. The lowest BCUT2D eigenvalue weighted by Gasteiger charge is -2.32. The third-order valence-electron chi connectivity index (χ3n) is 11.0. The van der Waals surface area contributed by atoms with Crippen LogP contribution in [0.1, 0.15) is 147 Å². The molecular weight excluding hydrogens is 740 g/mol. The Balaban J connectivity index is 1.18. The molecule has 0 amide bonds. The second-order valence-electron chi connectivity index (χ2n) is 15.7. The highest BCUT2D eigenvalue weighted by molar-refractivity contribution is 7.47. The number of phosphoric ester groups is 1. The fraction of sp³-hybridized carbons (Fsp3) is 0.732. The van der Waals surface area contributed by atoms with Crippen LogP contribution in [0.5, 0.6) is 0 Å². The smallest absolute Gasteiger partial charge is 0.387 e. The van der Waals surface area contributed by atoms with E-state index in [-0.39, 0.29) is 24.6 Å². The van der Waals surface area contributed by atoms with Gasteiger partial charge in [-0.05, 0) is 43.5 Å². The van der Waals surface area contributed by atoms with Crippen molar-refractivity contribution in [2.24, 2.45) is 15.8 Å². The number of aliphatic hydroxyl groups excluding tert-OH is 2. The summed E-state index contributed by atoms with van der Waals surface area (Å²) in [6, 6.07) is 5.40. The van der Waals surface area contributed by atoms with Crippen LogP contribution >= 0.6 is 7.82 Å². The minimum absolute atomic E-state index is 0.0241. The Morgan fingerprint density at radius 3 is 2.21 bits per heavy atom. The molecule has 3 heterocycles. The van der Waals surface area contributed by atoms with Crippen LogP contribution in [0.15, 0.2) is 40.1 Å². The highest BCUT2D eigenvalue weighted by atomic mass is 31.2. The van der Waals surface area contributed by atoms with E-state index in [4.69, 9.17) is 24.3 Å². The summed E-state index contributed by atoms with van der Waals surface area (Å²) < 4.78 is 50.0. The molecule has 0 spiro atoms. The molecule has 1 aromatic rings. The van der Waals surface area contributed by atoms with Gasteiger partial charge in [0.2, 0.25) is 0 Å². The van der Waals surface area contributed by atoms with E-state index < -0.39 is 56.3 Å². The van der Waals surface area contributed by atoms with Crippen LogP contribution in [0.2, 0.25) is 0 Å². The number of nitrogens with two attached hydrogens (primary N) is 1. The molecule has 1 fully saturated rings. The van der Waals surface area contributed by atoms with E-state index in [0.29, 0.717) is 24.1 Å². The van der Waals surface area contributed by atoms with Gasteiger partial charge in [-0.25, -0.2) is 13.9 Å². The highest BCUT2D eigenvalue weighted by Crippen LogP contribution is 2.47. The topological polar surface area (TPSA) is 192 Å². The summed E-state index contributed by atoms with van der Waals surface area (Å²) in [6.07, 6.45) is 21.0. The zero-order valence-electron chi connectivity index (χ0n) is 33.4. The number of rotatable bonds is 28. The van der Waals surface area contributed by atoms with E-state index in [2.05, 4.69) is 17.0 Å². The summed E-state index contributed by atoms with van der Waals surface area (Å²) in [5.74, 6) is -0.282. The second kappa shape index (κ2) is 23.6. The van der Waals surface area contributed by atoms with Gasteiger partial charge in [-0.3, -0.25) is 14.1 Å². The summed E-state index contributed by atoms with van der Waals surface area (Å²) in [7, 11) is -4.69. The van der Waals surface area contributed by atoms with Gasteiger partial charge < -0.3 is 30.3 Å². The van der Waals surface area contributed by atoms with Crippen LogP contribution in [-0.2, 0) is 29.7 Å². The van der Waals surface area contributed by atoms with Gasteiger partial charge >= 0.3 is 7.82 Å². The summed E-state index contributed by atoms with van der Waals surface area (Å²) in [4.78, 5) is 14.7. The van der Waals surface area contributed by atoms with Crippen molar-refractivity contribution >= 4 is 20.0 Å². The van der Waals surface area contributed by atoms with Gasteiger partial charge in [-0.2, -0.15) is 10.4 Å². The molecule has 0 saturated carbocycles. The quantitative estimate of drug-likeness (QED) is 0.0475. The number of amidine groups is 1. The molecular formula is C41H65FN5O8P. The highest BCUT2D eigenvalue weighted by Gasteiger charge is 2.56. The van der Waals surface area contributed by atoms with Crippen molar-refractivity contribution in [3.8, 4) is 6.07 Å². The Morgan fingerprint density at radius 2 is 1.61 bits per heavy atom. The lowest BCUT2D eigenvalue weighted by molar-refractivity contribution is -0.110. The van der Waals surface area contributed by atoms with E-state index in [9.17, 15) is 29.3 Å². The molecule has 15 heteroatoms. The van der Waals surface area contributed by atoms with Crippen molar-refractivity contribution < 1.29 is 42.6 Å². The molecule has 5 N–H and O–H groups in total. The van der Waals surface area contributed by atoms with Gasteiger partial charge in [-0.1, -0.05) is 122 Å². The molecule has 314 valence electrons. The molecule has 7 atom stereocenters. The van der Waals surface area contributed by atoms with Crippen molar-refractivity contribution in [1.29, 1.82) is 5.26 Å². The number of aliphatic hydroxyl groups is 2. The molecule has 0 aliphatic carbocycles. The standard InChI is InChI=1S/C41H65FN5O8P/c1-3-4-5-6-7-8-9-10-11-12-13-14-15-16-17-18-19-20-34(52-27-32-23-31(26-43)24-33(42)25-32)28-53-56(50,51)54-29-41(2)39(49)37(48)38(55-41)35-21-22-36-40(44)45-30-46-47(35)36/h22-25,30,34-35,37-39,48-49H,3-21,27-29H2,1-2H3,(H,50,51)(H2,44,45,46)/t34-,35?,37-,38-,39-,41+/m0/s1. The number of benzene rings is 1. The van der Waals surface area contributed by atoms with Gasteiger partial charge in [0, 0.05) is 0 Å². The molecule has 3 aliphatic heterocycles. The molecule has 4 rings (SSSR count). The van der Waals surface area contributed by atoms with Crippen LogP contribution in [0, 0.1) is 17.1 Å². The molecule has 0 bridgehead atoms. The fourth-order valence-electron chi connectivity index (χ4n) is 7.62. The van der Waals surface area contributed by atoms with Gasteiger partial charge in [0.15, 0.2) is 5.84 Å². The first-order chi connectivity index (χ1) is 27.0. The van der Waals surface area contributed by atoms with Crippen LogP contribution in [0.25, 0.3) is 0 Å². The Morgan fingerprint density at radius 1 is 1.00 bits per heavy atom. The van der Waals surface area contributed by atoms with Crippen LogP contribution in [0.4, 0.5) is 4.39 Å². The lowest BCUT2D eigenvalue weighted by atomic mass is 9.95. The predicted octanol–water partition coefficient (Wildman–Crippen LogP) is 7.91. The van der Waals surface area contributed by atoms with E-state index in [0.717, 1.165) is 31.7 Å². The number of halogens is 1. The molecule has 56 heavy (non-hydrogen) atoms. The number of aliphatic imine (C=N–C) groups is 1. The SMILES string of the molecule is CCCCCCCCCCCCCCCCCCC[C@@H](COP(=O)(O)OC[C@@]1(C)O[C@@H](C2CC=C3C(N)=NC=NN32)[C@H](O)[C@@H]1O)OCc1cc(F)cc(C#N)c1. The summed E-state index contributed by atoms with van der Waals surface area (Å²) in [6.45, 7) is 2.87. The van der Waals surface area contributed by atoms with Crippen molar-refractivity contribution in [3.05, 3.63) is 46.9 Å². The second-order valence-corrected chi connectivity index (χ2v) is 17.1. The number of ether oxygens (including phenoxy) is 2. The van der Waals surface area contributed by atoms with E-state index in [1.807, 2.05) is 12.1 Å². The van der Waals surface area contributed by atoms with E-state index in [1.165, 1.54) is 109 Å². The summed E-state index contributed by atoms with van der Waals surface area (Å²) in [5.41, 5.74) is 5.62. The average Bonchev–Trinajstić information content (AvgIpc) is 3.71.